The Bertz CT molecular complexity index is 1280. The Morgan fingerprint density at radius 2 is 1.62 bits per heavy atom. The van der Waals surface area contributed by atoms with E-state index >= 15 is 0 Å². The van der Waals surface area contributed by atoms with Crippen molar-refractivity contribution in [3.63, 3.8) is 0 Å². The molecule has 0 aromatic heterocycles. The van der Waals surface area contributed by atoms with E-state index in [2.05, 4.69) is 19.9 Å². The summed E-state index contributed by atoms with van der Waals surface area (Å²) in [6.07, 6.45) is 0. The number of aryl methyl sites for hydroxylation is 1. The molecule has 0 unspecified atom stereocenters. The average molecular weight is 489 g/mol. The molecule has 0 radical (unpaired) electrons. The minimum Gasteiger partial charge on any atom is -0.283 e. The minimum absolute atomic E-state index is 0. The molecule has 1 aliphatic rings. The van der Waals surface area contributed by atoms with E-state index in [0.717, 1.165) is 16.8 Å². The molecule has 0 saturated carbocycles. The summed E-state index contributed by atoms with van der Waals surface area (Å²) in [6, 6.07) is 20.3. The number of hydrogen-bond acceptors (Lipinski definition) is 3. The maximum Gasteiger partial charge on any atom is 0.264 e. The van der Waals surface area contributed by atoms with Gasteiger partial charge in [0.1, 0.15) is 0 Å². The SMILES string of the molecule is Cc1ccc(S(=O)(=O)N(C)c2ccc(Cl)cc2C2=NCC(C)(C)c3ccccc32)cc1.Cl. The molecule has 0 atom stereocenters. The fourth-order valence-electron chi connectivity index (χ4n) is 3.93. The second-order valence-corrected chi connectivity index (χ2v) is 10.9. The van der Waals surface area contributed by atoms with Gasteiger partial charge in [-0.1, -0.05) is 67.4 Å². The number of anilines is 1. The third-order valence-electron chi connectivity index (χ3n) is 5.78. The van der Waals surface area contributed by atoms with Gasteiger partial charge in [0.25, 0.3) is 10.0 Å². The molecule has 0 spiro atoms. The van der Waals surface area contributed by atoms with E-state index < -0.39 is 10.0 Å². The standard InChI is InChI=1S/C25H25ClN2O2S.ClH/c1-17-9-12-19(13-10-17)31(29,30)28(4)23-14-11-18(26)15-21(23)24-20-7-5-6-8-22(20)25(2,3)16-27-24;/h5-15H,16H2,1-4H3;1H. The Labute approximate surface area is 201 Å². The van der Waals surface area contributed by atoms with E-state index in [0.29, 0.717) is 22.8 Å². The molecule has 3 aromatic carbocycles. The first-order chi connectivity index (χ1) is 14.6. The molecule has 1 aliphatic heterocycles. The molecule has 4 rings (SSSR count). The number of benzene rings is 3. The van der Waals surface area contributed by atoms with Crippen molar-refractivity contribution in [2.75, 3.05) is 17.9 Å². The Morgan fingerprint density at radius 1 is 0.969 bits per heavy atom. The minimum atomic E-state index is -3.75. The molecule has 1 heterocycles. The van der Waals surface area contributed by atoms with Crippen LogP contribution in [-0.2, 0) is 15.4 Å². The number of rotatable bonds is 4. The lowest BCUT2D eigenvalue weighted by atomic mass is 9.77. The van der Waals surface area contributed by atoms with Crippen molar-refractivity contribution in [2.45, 2.75) is 31.1 Å². The highest BCUT2D eigenvalue weighted by Gasteiger charge is 2.32. The zero-order valence-electron chi connectivity index (χ0n) is 18.5. The second-order valence-electron chi connectivity index (χ2n) is 8.54. The number of nitrogens with zero attached hydrogens (tertiary/aromatic N) is 2. The van der Waals surface area contributed by atoms with E-state index in [4.69, 9.17) is 16.6 Å². The fraction of sp³-hybridized carbons (Fsp3) is 0.240. The molecule has 3 aromatic rings. The molecule has 0 bridgehead atoms. The van der Waals surface area contributed by atoms with Crippen molar-refractivity contribution in [1.82, 2.24) is 0 Å². The van der Waals surface area contributed by atoms with Crippen LogP contribution in [0.5, 0.6) is 0 Å². The third kappa shape index (κ3) is 4.29. The first kappa shape index (κ1) is 24.3. The van der Waals surface area contributed by atoms with Gasteiger partial charge in [-0.25, -0.2) is 8.42 Å². The van der Waals surface area contributed by atoms with Gasteiger partial charge in [0.2, 0.25) is 0 Å². The van der Waals surface area contributed by atoms with Crippen molar-refractivity contribution in [3.8, 4) is 0 Å². The van der Waals surface area contributed by atoms with Crippen LogP contribution in [0, 0.1) is 6.92 Å². The van der Waals surface area contributed by atoms with Gasteiger partial charge >= 0.3 is 0 Å². The highest BCUT2D eigenvalue weighted by molar-refractivity contribution is 7.92. The van der Waals surface area contributed by atoms with Crippen molar-refractivity contribution in [3.05, 3.63) is 94.0 Å². The van der Waals surface area contributed by atoms with E-state index in [1.54, 1.807) is 49.5 Å². The lowest BCUT2D eigenvalue weighted by Crippen LogP contribution is -2.32. The molecular formula is C25H26Cl2N2O2S. The Balaban J connectivity index is 0.00000289. The van der Waals surface area contributed by atoms with Gasteiger partial charge in [0.05, 0.1) is 16.3 Å². The van der Waals surface area contributed by atoms with Crippen LogP contribution in [0.4, 0.5) is 5.69 Å². The molecule has 0 N–H and O–H groups in total. The molecular weight excluding hydrogens is 463 g/mol. The lowest BCUT2D eigenvalue weighted by molar-refractivity contribution is 0.532. The Kier molecular flexibility index (Phi) is 6.75. The van der Waals surface area contributed by atoms with E-state index in [9.17, 15) is 8.42 Å². The van der Waals surface area contributed by atoms with Crippen molar-refractivity contribution >= 4 is 45.4 Å². The van der Waals surface area contributed by atoms with Gasteiger partial charge in [0.15, 0.2) is 0 Å². The van der Waals surface area contributed by atoms with Crippen LogP contribution < -0.4 is 4.31 Å². The molecule has 0 amide bonds. The Morgan fingerprint density at radius 3 is 2.31 bits per heavy atom. The van der Waals surface area contributed by atoms with Crippen LogP contribution in [-0.4, -0.2) is 27.7 Å². The lowest BCUT2D eigenvalue weighted by Gasteiger charge is -2.32. The van der Waals surface area contributed by atoms with Gasteiger partial charge in [0, 0.05) is 35.2 Å². The van der Waals surface area contributed by atoms with Gasteiger partial charge < -0.3 is 0 Å². The molecule has 4 nitrogen and oxygen atoms in total. The zero-order chi connectivity index (χ0) is 22.4. The summed E-state index contributed by atoms with van der Waals surface area (Å²) >= 11 is 6.35. The zero-order valence-corrected chi connectivity index (χ0v) is 20.9. The van der Waals surface area contributed by atoms with E-state index in [-0.39, 0.29) is 22.7 Å². The number of aliphatic imine (C=N–C) groups is 1. The number of sulfonamides is 1. The summed E-state index contributed by atoms with van der Waals surface area (Å²) in [5.74, 6) is 0. The fourth-order valence-corrected chi connectivity index (χ4v) is 5.31. The Hall–Kier alpha value is -2.34. The summed E-state index contributed by atoms with van der Waals surface area (Å²) in [4.78, 5) is 5.12. The van der Waals surface area contributed by atoms with Crippen LogP contribution in [0.25, 0.3) is 0 Å². The topological polar surface area (TPSA) is 49.7 Å². The average Bonchev–Trinajstić information content (AvgIpc) is 2.74. The van der Waals surface area contributed by atoms with Gasteiger partial charge in [-0.05, 0) is 42.8 Å². The maximum absolute atomic E-state index is 13.4. The summed E-state index contributed by atoms with van der Waals surface area (Å²) in [6.45, 7) is 6.87. The van der Waals surface area contributed by atoms with Gasteiger partial charge in [-0.2, -0.15) is 0 Å². The number of hydrogen-bond donors (Lipinski definition) is 0. The monoisotopic (exact) mass is 488 g/mol. The van der Waals surface area contributed by atoms with Gasteiger partial charge in [-0.15, -0.1) is 12.4 Å². The second kappa shape index (κ2) is 8.89. The molecule has 32 heavy (non-hydrogen) atoms. The first-order valence-corrected chi connectivity index (χ1v) is 11.9. The predicted octanol–water partition coefficient (Wildman–Crippen LogP) is 6.02. The number of halogens is 2. The van der Waals surface area contributed by atoms with Crippen LogP contribution in [0.3, 0.4) is 0 Å². The summed E-state index contributed by atoms with van der Waals surface area (Å²) in [5, 5.41) is 0.532. The summed E-state index contributed by atoms with van der Waals surface area (Å²) < 4.78 is 28.0. The molecule has 0 aliphatic carbocycles. The molecule has 0 saturated heterocycles. The molecule has 168 valence electrons. The van der Waals surface area contributed by atoms with Crippen LogP contribution >= 0.6 is 24.0 Å². The summed E-state index contributed by atoms with van der Waals surface area (Å²) in [5.41, 5.74) is 5.10. The normalized spacial score (nSPS) is 14.7. The van der Waals surface area contributed by atoms with Crippen molar-refractivity contribution in [2.24, 2.45) is 4.99 Å². The van der Waals surface area contributed by atoms with Crippen molar-refractivity contribution in [1.29, 1.82) is 0 Å². The highest BCUT2D eigenvalue weighted by Crippen LogP contribution is 2.36. The van der Waals surface area contributed by atoms with Crippen LogP contribution in [0.1, 0.15) is 36.1 Å². The van der Waals surface area contributed by atoms with Gasteiger partial charge in [-0.3, -0.25) is 9.30 Å². The third-order valence-corrected chi connectivity index (χ3v) is 7.80. The smallest absolute Gasteiger partial charge is 0.264 e. The molecule has 7 heteroatoms. The van der Waals surface area contributed by atoms with E-state index in [1.807, 2.05) is 25.1 Å². The van der Waals surface area contributed by atoms with E-state index in [1.165, 1.54) is 9.87 Å². The predicted molar refractivity (Wildman–Crippen MR) is 135 cm³/mol. The quantitative estimate of drug-likeness (QED) is 0.450. The highest BCUT2D eigenvalue weighted by atomic mass is 35.5. The first-order valence-electron chi connectivity index (χ1n) is 10.1. The number of fused-ring (bicyclic) bond motifs is 1. The largest absolute Gasteiger partial charge is 0.283 e. The van der Waals surface area contributed by atoms with Crippen molar-refractivity contribution < 1.29 is 8.42 Å². The maximum atomic E-state index is 13.4. The van der Waals surface area contributed by atoms with Crippen LogP contribution in [0.2, 0.25) is 5.02 Å². The van der Waals surface area contributed by atoms with Crippen LogP contribution in [0.15, 0.2) is 76.6 Å². The molecule has 0 fully saturated rings. The summed E-state index contributed by atoms with van der Waals surface area (Å²) in [7, 11) is -2.18.